The van der Waals surface area contributed by atoms with Gasteiger partial charge < -0.3 is 29.2 Å². The average Bonchev–Trinajstić information content (AvgIpc) is 3.02. The second kappa shape index (κ2) is 10.2. The number of amides is 2. The van der Waals surface area contributed by atoms with Crippen LogP contribution in [0.5, 0.6) is 23.0 Å². The van der Waals surface area contributed by atoms with Crippen LogP contribution in [0, 0.1) is 0 Å². The van der Waals surface area contributed by atoms with Crippen molar-refractivity contribution in [2.24, 2.45) is 0 Å². The first-order chi connectivity index (χ1) is 16.5. The van der Waals surface area contributed by atoms with Crippen LogP contribution in [0.3, 0.4) is 0 Å². The minimum atomic E-state index is -0.262. The molecule has 0 saturated carbocycles. The van der Waals surface area contributed by atoms with Crippen LogP contribution in [0.1, 0.15) is 21.5 Å². The van der Waals surface area contributed by atoms with E-state index in [-0.39, 0.29) is 18.4 Å². The number of para-hydroxylation sites is 1. The van der Waals surface area contributed by atoms with Crippen molar-refractivity contribution in [3.05, 3.63) is 77.4 Å². The van der Waals surface area contributed by atoms with E-state index in [4.69, 9.17) is 18.9 Å². The summed E-state index contributed by atoms with van der Waals surface area (Å²) in [5, 5.41) is 2.90. The molecule has 1 heterocycles. The number of benzene rings is 3. The molecular formula is C26H26N2O6. The Morgan fingerprint density at radius 2 is 1.82 bits per heavy atom. The molecule has 2 amide bonds. The maximum absolute atomic E-state index is 12.8. The van der Waals surface area contributed by atoms with Crippen LogP contribution < -0.4 is 24.3 Å². The minimum absolute atomic E-state index is 0.0746. The lowest BCUT2D eigenvalue weighted by Gasteiger charge is -2.22. The quantitative estimate of drug-likeness (QED) is 0.574. The van der Waals surface area contributed by atoms with Crippen LogP contribution in [-0.4, -0.2) is 44.7 Å². The normalized spacial score (nSPS) is 12.8. The third kappa shape index (κ3) is 4.91. The van der Waals surface area contributed by atoms with Gasteiger partial charge >= 0.3 is 0 Å². The monoisotopic (exact) mass is 462 g/mol. The molecule has 0 unspecified atom stereocenters. The number of nitrogens with zero attached hydrogens (tertiary/aromatic N) is 1. The SMILES string of the molecule is COc1cccc(C(=O)Nc2ccc3c(c2)CN(Cc2cccc(OC)c2OC)C(=O)CO3)c1. The third-order valence-electron chi connectivity index (χ3n) is 5.56. The number of nitrogens with one attached hydrogen (secondary N) is 1. The molecule has 4 rings (SSSR count). The van der Waals surface area contributed by atoms with Crippen LogP contribution in [0.25, 0.3) is 0 Å². The summed E-state index contributed by atoms with van der Waals surface area (Å²) in [6.45, 7) is 0.564. The first kappa shape index (κ1) is 23.0. The second-order valence-electron chi connectivity index (χ2n) is 7.70. The number of hydrogen-bond donors (Lipinski definition) is 1. The van der Waals surface area contributed by atoms with E-state index in [2.05, 4.69) is 5.32 Å². The zero-order valence-corrected chi connectivity index (χ0v) is 19.3. The highest BCUT2D eigenvalue weighted by Gasteiger charge is 2.24. The van der Waals surface area contributed by atoms with Crippen LogP contribution in [0.2, 0.25) is 0 Å². The molecule has 1 aliphatic rings. The Kier molecular flexibility index (Phi) is 6.87. The molecule has 0 aromatic heterocycles. The van der Waals surface area contributed by atoms with Crippen LogP contribution >= 0.6 is 0 Å². The van der Waals surface area contributed by atoms with Gasteiger partial charge in [-0.3, -0.25) is 9.59 Å². The largest absolute Gasteiger partial charge is 0.497 e. The molecule has 8 heteroatoms. The Balaban J connectivity index is 1.55. The van der Waals surface area contributed by atoms with Crippen molar-refractivity contribution in [1.82, 2.24) is 4.90 Å². The number of rotatable bonds is 7. The summed E-state index contributed by atoms with van der Waals surface area (Å²) in [5.41, 5.74) is 2.69. The number of methoxy groups -OCH3 is 3. The van der Waals surface area contributed by atoms with Crippen molar-refractivity contribution in [2.45, 2.75) is 13.1 Å². The fraction of sp³-hybridized carbons (Fsp3) is 0.231. The number of anilines is 1. The number of fused-ring (bicyclic) bond motifs is 1. The van der Waals surface area contributed by atoms with Gasteiger partial charge in [-0.05, 0) is 42.5 Å². The topological polar surface area (TPSA) is 86.3 Å². The van der Waals surface area contributed by atoms with E-state index in [0.29, 0.717) is 47.3 Å². The molecule has 34 heavy (non-hydrogen) atoms. The lowest BCUT2D eigenvalue weighted by molar-refractivity contribution is -0.133. The number of hydrogen-bond acceptors (Lipinski definition) is 6. The fourth-order valence-corrected chi connectivity index (χ4v) is 3.84. The number of ether oxygens (including phenoxy) is 4. The van der Waals surface area contributed by atoms with E-state index in [1.54, 1.807) is 62.6 Å². The highest BCUT2D eigenvalue weighted by Crippen LogP contribution is 2.33. The van der Waals surface area contributed by atoms with E-state index in [1.165, 1.54) is 0 Å². The highest BCUT2D eigenvalue weighted by molar-refractivity contribution is 6.04. The van der Waals surface area contributed by atoms with Crippen LogP contribution in [-0.2, 0) is 17.9 Å². The average molecular weight is 463 g/mol. The van der Waals surface area contributed by atoms with E-state index in [9.17, 15) is 9.59 Å². The lowest BCUT2D eigenvalue weighted by atomic mass is 10.1. The Bertz CT molecular complexity index is 1210. The van der Waals surface area contributed by atoms with E-state index in [0.717, 1.165) is 11.1 Å². The van der Waals surface area contributed by atoms with Gasteiger partial charge in [0.2, 0.25) is 0 Å². The summed E-state index contributed by atoms with van der Waals surface area (Å²) >= 11 is 0. The first-order valence-corrected chi connectivity index (χ1v) is 10.7. The van der Waals surface area contributed by atoms with Gasteiger partial charge in [0.15, 0.2) is 18.1 Å². The molecule has 176 valence electrons. The molecule has 0 aliphatic carbocycles. The van der Waals surface area contributed by atoms with Gasteiger partial charge in [-0.1, -0.05) is 18.2 Å². The summed E-state index contributed by atoms with van der Waals surface area (Å²) in [6, 6.07) is 17.8. The van der Waals surface area contributed by atoms with Crippen LogP contribution in [0.15, 0.2) is 60.7 Å². The van der Waals surface area contributed by atoms with Gasteiger partial charge in [0.05, 0.1) is 21.3 Å². The maximum atomic E-state index is 12.8. The zero-order valence-electron chi connectivity index (χ0n) is 19.3. The molecule has 3 aromatic carbocycles. The molecule has 0 atom stereocenters. The van der Waals surface area contributed by atoms with Gasteiger partial charge in [0, 0.05) is 35.5 Å². The summed E-state index contributed by atoms with van der Waals surface area (Å²) in [7, 11) is 4.70. The number of carbonyl (C=O) groups is 2. The highest BCUT2D eigenvalue weighted by atomic mass is 16.5. The van der Waals surface area contributed by atoms with Gasteiger partial charge in [-0.15, -0.1) is 0 Å². The molecule has 0 saturated heterocycles. The summed E-state index contributed by atoms with van der Waals surface area (Å²) < 4.78 is 21.8. The van der Waals surface area contributed by atoms with Crippen molar-refractivity contribution in [2.75, 3.05) is 33.3 Å². The molecule has 8 nitrogen and oxygen atoms in total. The Morgan fingerprint density at radius 3 is 2.59 bits per heavy atom. The van der Waals surface area contributed by atoms with Crippen molar-refractivity contribution in [3.63, 3.8) is 0 Å². The van der Waals surface area contributed by atoms with Crippen molar-refractivity contribution >= 4 is 17.5 Å². The molecule has 1 N–H and O–H groups in total. The smallest absolute Gasteiger partial charge is 0.261 e. The predicted octanol–water partition coefficient (Wildman–Crippen LogP) is 3.89. The van der Waals surface area contributed by atoms with Crippen LogP contribution in [0.4, 0.5) is 5.69 Å². The zero-order chi connectivity index (χ0) is 24.1. The molecule has 1 aliphatic heterocycles. The number of carbonyl (C=O) groups excluding carboxylic acids is 2. The summed E-state index contributed by atoms with van der Waals surface area (Å²) in [4.78, 5) is 27.2. The predicted molar refractivity (Wildman–Crippen MR) is 127 cm³/mol. The van der Waals surface area contributed by atoms with E-state index >= 15 is 0 Å². The van der Waals surface area contributed by atoms with E-state index in [1.807, 2.05) is 24.3 Å². The molecule has 0 fully saturated rings. The Hall–Kier alpha value is -4.20. The van der Waals surface area contributed by atoms with Gasteiger partial charge in [-0.25, -0.2) is 0 Å². The maximum Gasteiger partial charge on any atom is 0.261 e. The minimum Gasteiger partial charge on any atom is -0.497 e. The third-order valence-corrected chi connectivity index (χ3v) is 5.56. The summed E-state index contributed by atoms with van der Waals surface area (Å²) in [6.07, 6.45) is 0. The van der Waals surface area contributed by atoms with Gasteiger partial charge in [0.25, 0.3) is 11.8 Å². The Labute approximate surface area is 198 Å². The molecule has 0 bridgehead atoms. The van der Waals surface area contributed by atoms with Crippen molar-refractivity contribution in [3.8, 4) is 23.0 Å². The Morgan fingerprint density at radius 1 is 1.00 bits per heavy atom. The molecule has 0 radical (unpaired) electrons. The standard InChI is InChI=1S/C26H26N2O6/c1-31-21-8-4-6-17(13-21)26(30)27-20-10-11-22-19(12-20)15-28(24(29)16-34-22)14-18-7-5-9-23(32-2)25(18)33-3/h4-13H,14-16H2,1-3H3,(H,27,30). The molecule has 0 spiro atoms. The fourth-order valence-electron chi connectivity index (χ4n) is 3.84. The molecule has 3 aromatic rings. The summed E-state index contributed by atoms with van der Waals surface area (Å²) in [5.74, 6) is 1.98. The lowest BCUT2D eigenvalue weighted by Crippen LogP contribution is -2.32. The second-order valence-corrected chi connectivity index (χ2v) is 7.70. The van der Waals surface area contributed by atoms with E-state index < -0.39 is 0 Å². The van der Waals surface area contributed by atoms with Gasteiger partial charge in [0.1, 0.15) is 11.5 Å². The van der Waals surface area contributed by atoms with Crippen molar-refractivity contribution in [1.29, 1.82) is 0 Å². The molecular weight excluding hydrogens is 436 g/mol. The van der Waals surface area contributed by atoms with Crippen molar-refractivity contribution < 1.29 is 28.5 Å². The van der Waals surface area contributed by atoms with Gasteiger partial charge in [-0.2, -0.15) is 0 Å². The first-order valence-electron chi connectivity index (χ1n) is 10.7.